The third kappa shape index (κ3) is 2.85. The van der Waals surface area contributed by atoms with Crippen molar-refractivity contribution in [1.29, 1.82) is 0 Å². The quantitative estimate of drug-likeness (QED) is 0.920. The van der Waals surface area contributed by atoms with Gasteiger partial charge < -0.3 is 10.2 Å². The summed E-state index contributed by atoms with van der Waals surface area (Å²) >= 11 is 1.83. The Morgan fingerprint density at radius 3 is 3.00 bits per heavy atom. The van der Waals surface area contributed by atoms with Crippen LogP contribution in [0.15, 0.2) is 5.38 Å². The molecule has 4 nitrogen and oxygen atoms in total. The Labute approximate surface area is 125 Å². The SMILES string of the molecule is c1sc(N2CCCN3CCCC3C2)nc1CNC1CC1. The molecule has 1 saturated carbocycles. The maximum Gasteiger partial charge on any atom is 0.185 e. The molecule has 0 radical (unpaired) electrons. The van der Waals surface area contributed by atoms with Crippen LogP contribution in [0.5, 0.6) is 0 Å². The Morgan fingerprint density at radius 1 is 1.20 bits per heavy atom. The van der Waals surface area contributed by atoms with E-state index in [1.54, 1.807) is 0 Å². The molecule has 4 rings (SSSR count). The van der Waals surface area contributed by atoms with E-state index < -0.39 is 0 Å². The summed E-state index contributed by atoms with van der Waals surface area (Å²) in [6, 6.07) is 1.54. The molecule has 1 unspecified atom stereocenters. The van der Waals surface area contributed by atoms with Gasteiger partial charge in [0.25, 0.3) is 0 Å². The second-order valence-electron chi connectivity index (χ2n) is 6.41. The van der Waals surface area contributed by atoms with Gasteiger partial charge >= 0.3 is 0 Å². The summed E-state index contributed by atoms with van der Waals surface area (Å²) in [6.07, 6.45) is 6.73. The normalized spacial score (nSPS) is 27.6. The Kier molecular flexibility index (Phi) is 3.67. The van der Waals surface area contributed by atoms with E-state index in [-0.39, 0.29) is 0 Å². The van der Waals surface area contributed by atoms with Gasteiger partial charge in [-0.25, -0.2) is 4.98 Å². The van der Waals surface area contributed by atoms with Crippen molar-refractivity contribution in [3.8, 4) is 0 Å². The molecule has 1 aliphatic carbocycles. The van der Waals surface area contributed by atoms with Crippen molar-refractivity contribution in [3.05, 3.63) is 11.1 Å². The Bertz CT molecular complexity index is 456. The summed E-state index contributed by atoms with van der Waals surface area (Å²) < 4.78 is 0. The van der Waals surface area contributed by atoms with Gasteiger partial charge in [0.1, 0.15) is 0 Å². The summed E-state index contributed by atoms with van der Waals surface area (Å²) in [5.41, 5.74) is 1.23. The van der Waals surface area contributed by atoms with E-state index >= 15 is 0 Å². The van der Waals surface area contributed by atoms with Crippen LogP contribution in [0.2, 0.25) is 0 Å². The lowest BCUT2D eigenvalue weighted by atomic mass is 10.2. The van der Waals surface area contributed by atoms with Crippen LogP contribution in [0, 0.1) is 0 Å². The number of nitrogens with one attached hydrogen (secondary N) is 1. The molecule has 0 spiro atoms. The number of thiazole rings is 1. The number of fused-ring (bicyclic) bond motifs is 1. The first-order valence-electron chi connectivity index (χ1n) is 8.05. The molecule has 1 atom stereocenters. The third-order valence-corrected chi connectivity index (χ3v) is 5.71. The van der Waals surface area contributed by atoms with Crippen LogP contribution in [0.25, 0.3) is 0 Å². The summed E-state index contributed by atoms with van der Waals surface area (Å²) in [5, 5.41) is 7.04. The van der Waals surface area contributed by atoms with Gasteiger partial charge in [-0.2, -0.15) is 0 Å². The van der Waals surface area contributed by atoms with E-state index in [1.165, 1.54) is 69.1 Å². The fraction of sp³-hybridized carbons (Fsp3) is 0.800. The molecule has 1 aromatic heterocycles. The fourth-order valence-electron chi connectivity index (χ4n) is 3.44. The van der Waals surface area contributed by atoms with E-state index in [1.807, 2.05) is 11.3 Å². The molecule has 110 valence electrons. The first kappa shape index (κ1) is 13.0. The Morgan fingerprint density at radius 2 is 2.10 bits per heavy atom. The van der Waals surface area contributed by atoms with Crippen molar-refractivity contribution in [1.82, 2.24) is 15.2 Å². The third-order valence-electron chi connectivity index (χ3n) is 4.76. The smallest absolute Gasteiger partial charge is 0.185 e. The highest BCUT2D eigenvalue weighted by Crippen LogP contribution is 2.27. The predicted molar refractivity (Wildman–Crippen MR) is 83.4 cm³/mol. The number of anilines is 1. The molecular weight excluding hydrogens is 268 g/mol. The summed E-state index contributed by atoms with van der Waals surface area (Å²) in [4.78, 5) is 10.1. The lowest BCUT2D eigenvalue weighted by Gasteiger charge is -2.25. The van der Waals surface area contributed by atoms with Crippen LogP contribution < -0.4 is 10.2 Å². The topological polar surface area (TPSA) is 31.4 Å². The number of hydrogen-bond donors (Lipinski definition) is 1. The van der Waals surface area contributed by atoms with Crippen molar-refractivity contribution < 1.29 is 0 Å². The van der Waals surface area contributed by atoms with E-state index in [0.717, 1.165) is 18.6 Å². The van der Waals surface area contributed by atoms with Gasteiger partial charge in [-0.1, -0.05) is 0 Å². The van der Waals surface area contributed by atoms with E-state index in [4.69, 9.17) is 4.98 Å². The Hall–Kier alpha value is -0.650. The minimum Gasteiger partial charge on any atom is -0.346 e. The first-order valence-corrected chi connectivity index (χ1v) is 8.93. The fourth-order valence-corrected chi connectivity index (χ4v) is 4.30. The summed E-state index contributed by atoms with van der Waals surface area (Å²) in [5.74, 6) is 0. The van der Waals surface area contributed by atoms with Crippen LogP contribution in [0.3, 0.4) is 0 Å². The monoisotopic (exact) mass is 292 g/mol. The first-order chi connectivity index (χ1) is 9.88. The van der Waals surface area contributed by atoms with Gasteiger partial charge in [-0.05, 0) is 38.6 Å². The highest BCUT2D eigenvalue weighted by Gasteiger charge is 2.29. The average molecular weight is 292 g/mol. The molecule has 3 heterocycles. The minimum atomic E-state index is 0.769. The number of rotatable bonds is 4. The van der Waals surface area contributed by atoms with Gasteiger partial charge in [0.05, 0.1) is 5.69 Å². The summed E-state index contributed by atoms with van der Waals surface area (Å²) in [7, 11) is 0. The molecule has 0 aromatic carbocycles. The maximum absolute atomic E-state index is 4.85. The van der Waals surface area contributed by atoms with Crippen LogP contribution in [0.1, 0.15) is 37.8 Å². The van der Waals surface area contributed by atoms with Gasteiger partial charge in [-0.3, -0.25) is 4.90 Å². The molecule has 5 heteroatoms. The highest BCUT2D eigenvalue weighted by atomic mass is 32.1. The molecule has 2 aliphatic heterocycles. The van der Waals surface area contributed by atoms with E-state index in [0.29, 0.717) is 0 Å². The average Bonchev–Trinajstić information content (AvgIpc) is 3.07. The van der Waals surface area contributed by atoms with Crippen molar-refractivity contribution in [3.63, 3.8) is 0 Å². The van der Waals surface area contributed by atoms with Crippen LogP contribution >= 0.6 is 11.3 Å². The highest BCUT2D eigenvalue weighted by molar-refractivity contribution is 7.13. The second-order valence-corrected chi connectivity index (χ2v) is 7.24. The molecule has 2 saturated heterocycles. The van der Waals surface area contributed by atoms with Crippen LogP contribution in [-0.2, 0) is 6.54 Å². The number of aromatic nitrogens is 1. The zero-order chi connectivity index (χ0) is 13.4. The number of hydrogen-bond acceptors (Lipinski definition) is 5. The molecule has 0 bridgehead atoms. The maximum atomic E-state index is 4.85. The zero-order valence-corrected chi connectivity index (χ0v) is 12.9. The zero-order valence-electron chi connectivity index (χ0n) is 12.1. The largest absolute Gasteiger partial charge is 0.346 e. The van der Waals surface area contributed by atoms with Gasteiger partial charge in [0.2, 0.25) is 0 Å². The van der Waals surface area contributed by atoms with Gasteiger partial charge in [0.15, 0.2) is 5.13 Å². The molecule has 1 aromatic rings. The lowest BCUT2D eigenvalue weighted by molar-refractivity contribution is 0.273. The molecular formula is C15H24N4S. The van der Waals surface area contributed by atoms with Gasteiger partial charge in [-0.15, -0.1) is 11.3 Å². The molecule has 3 fully saturated rings. The van der Waals surface area contributed by atoms with Crippen molar-refractivity contribution >= 4 is 16.5 Å². The Balaban J connectivity index is 1.40. The van der Waals surface area contributed by atoms with E-state index in [9.17, 15) is 0 Å². The van der Waals surface area contributed by atoms with Crippen molar-refractivity contribution in [2.24, 2.45) is 0 Å². The predicted octanol–water partition coefficient (Wildman–Crippen LogP) is 2.07. The minimum absolute atomic E-state index is 0.769. The van der Waals surface area contributed by atoms with Crippen LogP contribution in [0.4, 0.5) is 5.13 Å². The van der Waals surface area contributed by atoms with Crippen LogP contribution in [-0.4, -0.2) is 48.1 Å². The lowest BCUT2D eigenvalue weighted by Crippen LogP contribution is -2.36. The molecule has 20 heavy (non-hydrogen) atoms. The number of nitrogens with zero attached hydrogens (tertiary/aromatic N) is 3. The summed E-state index contributed by atoms with van der Waals surface area (Å²) in [6.45, 7) is 5.90. The standard InChI is InChI=1S/C15H24N4S/c1-3-14-10-19(8-2-7-18(14)6-1)15-17-13(11-20-15)9-16-12-4-5-12/h11-12,14,16H,1-10H2. The molecule has 1 N–H and O–H groups in total. The van der Waals surface area contributed by atoms with E-state index in [2.05, 4.69) is 20.5 Å². The second kappa shape index (κ2) is 5.62. The van der Waals surface area contributed by atoms with Crippen molar-refractivity contribution in [2.45, 2.75) is 50.7 Å². The molecule has 0 amide bonds. The van der Waals surface area contributed by atoms with Crippen molar-refractivity contribution in [2.75, 3.05) is 31.1 Å². The van der Waals surface area contributed by atoms with Gasteiger partial charge in [0, 0.05) is 43.6 Å². The molecule has 3 aliphatic rings.